The van der Waals surface area contributed by atoms with Crippen molar-refractivity contribution in [2.24, 2.45) is 5.73 Å². The van der Waals surface area contributed by atoms with Gasteiger partial charge in [-0.25, -0.2) is 4.98 Å². The van der Waals surface area contributed by atoms with Crippen molar-refractivity contribution < 1.29 is 5.32 Å². The Balaban J connectivity index is 2.48. The van der Waals surface area contributed by atoms with Gasteiger partial charge in [-0.1, -0.05) is 0 Å². The zero-order valence-corrected chi connectivity index (χ0v) is 11.7. The first-order chi connectivity index (χ1) is 9.63. The molecule has 0 saturated carbocycles. The number of quaternary nitrogens is 1. The molecule has 0 amide bonds. The molecule has 2 rings (SSSR count). The van der Waals surface area contributed by atoms with Crippen molar-refractivity contribution in [3.8, 4) is 0 Å². The molecule has 2 aromatic heterocycles. The SMILES string of the molecule is C[NH2+]/C=C(\C=N)c1cnc2ccc(NC(N)=S)nc2c1. The standard InChI is InChI=1S/C13H14N6S/c1-16-6-9(5-14)8-4-11-10(17-7-8)2-3-12(18-11)19-13(15)20/h2-7,14,16H,1H3,(H3,15,18,19,20)/p+1/b9-6+,14-5?. The molecule has 0 unspecified atom stereocenters. The fourth-order valence-electron chi connectivity index (χ4n) is 1.77. The zero-order chi connectivity index (χ0) is 14.5. The molecule has 0 radical (unpaired) electrons. The maximum absolute atomic E-state index is 7.44. The molecule has 0 spiro atoms. The topological polar surface area (TPSA) is 104 Å². The second kappa shape index (κ2) is 6.18. The van der Waals surface area contributed by atoms with Gasteiger partial charge in [0.15, 0.2) is 5.11 Å². The monoisotopic (exact) mass is 287 g/mol. The maximum atomic E-state index is 7.44. The van der Waals surface area contributed by atoms with E-state index in [4.69, 9.17) is 23.4 Å². The third-order valence-corrected chi connectivity index (χ3v) is 2.73. The van der Waals surface area contributed by atoms with Crippen LogP contribution < -0.4 is 16.4 Å². The molecule has 6 N–H and O–H groups in total. The van der Waals surface area contributed by atoms with E-state index in [9.17, 15) is 0 Å². The molecular formula is C13H15N6S+. The highest BCUT2D eigenvalue weighted by atomic mass is 32.1. The number of nitrogens with zero attached hydrogens (tertiary/aromatic N) is 2. The molecule has 0 saturated heterocycles. The van der Waals surface area contributed by atoms with Crippen LogP contribution in [-0.2, 0) is 0 Å². The highest BCUT2D eigenvalue weighted by Gasteiger charge is 2.05. The first-order valence-electron chi connectivity index (χ1n) is 5.98. The van der Waals surface area contributed by atoms with Crippen molar-refractivity contribution in [1.29, 1.82) is 5.41 Å². The molecule has 2 heterocycles. The Hall–Kier alpha value is -2.38. The minimum Gasteiger partial charge on any atom is -0.376 e. The summed E-state index contributed by atoms with van der Waals surface area (Å²) in [6.45, 7) is 0. The maximum Gasteiger partial charge on any atom is 0.169 e. The molecule has 0 aromatic carbocycles. The number of nitrogens with two attached hydrogens (primary N) is 2. The number of nitrogens with one attached hydrogen (secondary N) is 2. The lowest BCUT2D eigenvalue weighted by Crippen LogP contribution is -2.72. The average molecular weight is 287 g/mol. The summed E-state index contributed by atoms with van der Waals surface area (Å²) in [4.78, 5) is 8.74. The number of allylic oxidation sites excluding steroid dienone is 1. The van der Waals surface area contributed by atoms with Gasteiger partial charge in [0.2, 0.25) is 0 Å². The van der Waals surface area contributed by atoms with Crippen molar-refractivity contribution in [3.63, 3.8) is 0 Å². The normalized spacial score (nSPS) is 11.3. The third kappa shape index (κ3) is 3.14. The molecule has 20 heavy (non-hydrogen) atoms. The Bertz CT molecular complexity index is 694. The lowest BCUT2D eigenvalue weighted by molar-refractivity contribution is -0.555. The highest BCUT2D eigenvalue weighted by molar-refractivity contribution is 7.80. The van der Waals surface area contributed by atoms with Gasteiger partial charge in [-0.15, -0.1) is 0 Å². The number of thiocarbonyl (C=S) groups is 1. The van der Waals surface area contributed by atoms with Gasteiger partial charge in [-0.2, -0.15) is 0 Å². The molecule has 0 aliphatic carbocycles. The van der Waals surface area contributed by atoms with E-state index in [-0.39, 0.29) is 5.11 Å². The predicted molar refractivity (Wildman–Crippen MR) is 84.6 cm³/mol. The summed E-state index contributed by atoms with van der Waals surface area (Å²) in [5.74, 6) is 0.575. The van der Waals surface area contributed by atoms with Gasteiger partial charge in [0.05, 0.1) is 23.7 Å². The highest BCUT2D eigenvalue weighted by Crippen LogP contribution is 2.18. The molecule has 2 aromatic rings. The quantitative estimate of drug-likeness (QED) is 0.483. The molecule has 7 heteroatoms. The molecule has 6 nitrogen and oxygen atoms in total. The van der Waals surface area contributed by atoms with Crippen LogP contribution in [0.25, 0.3) is 16.6 Å². The number of aromatic nitrogens is 2. The number of rotatable bonds is 4. The Morgan fingerprint density at radius 2 is 2.25 bits per heavy atom. The average Bonchev–Trinajstić information content (AvgIpc) is 2.43. The van der Waals surface area contributed by atoms with Gasteiger partial charge < -0.3 is 21.8 Å². The van der Waals surface area contributed by atoms with Crippen molar-refractivity contribution in [2.45, 2.75) is 0 Å². The smallest absolute Gasteiger partial charge is 0.169 e. The number of fused-ring (bicyclic) bond motifs is 1. The van der Waals surface area contributed by atoms with Crippen LogP contribution in [0.2, 0.25) is 0 Å². The summed E-state index contributed by atoms with van der Waals surface area (Å²) in [5, 5.41) is 12.3. The van der Waals surface area contributed by atoms with E-state index < -0.39 is 0 Å². The second-order valence-electron chi connectivity index (χ2n) is 4.05. The van der Waals surface area contributed by atoms with E-state index in [2.05, 4.69) is 15.3 Å². The second-order valence-corrected chi connectivity index (χ2v) is 4.49. The van der Waals surface area contributed by atoms with Crippen LogP contribution in [0.15, 0.2) is 30.6 Å². The van der Waals surface area contributed by atoms with Crippen LogP contribution in [0.1, 0.15) is 5.56 Å². The summed E-state index contributed by atoms with van der Waals surface area (Å²) < 4.78 is 0. The summed E-state index contributed by atoms with van der Waals surface area (Å²) in [6, 6.07) is 5.49. The van der Waals surface area contributed by atoms with Gasteiger partial charge in [0.25, 0.3) is 0 Å². The fourth-order valence-corrected chi connectivity index (χ4v) is 1.87. The van der Waals surface area contributed by atoms with Gasteiger partial charge in [0.1, 0.15) is 12.0 Å². The van der Waals surface area contributed by atoms with Crippen LogP contribution in [-0.4, -0.2) is 28.3 Å². The summed E-state index contributed by atoms with van der Waals surface area (Å²) in [6.07, 6.45) is 4.87. The van der Waals surface area contributed by atoms with E-state index in [1.807, 2.05) is 30.7 Å². The van der Waals surface area contributed by atoms with Crippen molar-refractivity contribution in [1.82, 2.24) is 9.97 Å². The van der Waals surface area contributed by atoms with Crippen LogP contribution in [0.4, 0.5) is 5.82 Å². The number of anilines is 1. The molecule has 0 bridgehead atoms. The van der Waals surface area contributed by atoms with E-state index in [1.165, 1.54) is 6.21 Å². The fraction of sp³-hybridized carbons (Fsp3) is 0.0769. The van der Waals surface area contributed by atoms with Crippen molar-refractivity contribution in [2.75, 3.05) is 12.4 Å². The van der Waals surface area contributed by atoms with Crippen molar-refractivity contribution >= 4 is 46.0 Å². The Labute approximate surface area is 121 Å². The first kappa shape index (κ1) is 14.0. The Kier molecular flexibility index (Phi) is 4.34. The van der Waals surface area contributed by atoms with E-state index >= 15 is 0 Å². The van der Waals surface area contributed by atoms with Crippen LogP contribution in [0, 0.1) is 5.41 Å². The Morgan fingerprint density at radius 1 is 1.45 bits per heavy atom. The van der Waals surface area contributed by atoms with Crippen LogP contribution in [0.5, 0.6) is 0 Å². The largest absolute Gasteiger partial charge is 0.376 e. The van der Waals surface area contributed by atoms with Gasteiger partial charge in [-0.3, -0.25) is 4.98 Å². The van der Waals surface area contributed by atoms with Gasteiger partial charge >= 0.3 is 0 Å². The Morgan fingerprint density at radius 3 is 2.90 bits per heavy atom. The van der Waals surface area contributed by atoms with Gasteiger partial charge in [0, 0.05) is 18.0 Å². The number of hydrogen-bond donors (Lipinski definition) is 4. The summed E-state index contributed by atoms with van der Waals surface area (Å²) in [7, 11) is 1.90. The lowest BCUT2D eigenvalue weighted by Gasteiger charge is -2.05. The lowest BCUT2D eigenvalue weighted by atomic mass is 10.1. The number of hydrogen-bond acceptors (Lipinski definition) is 4. The first-order valence-corrected chi connectivity index (χ1v) is 6.38. The molecule has 0 atom stereocenters. The third-order valence-electron chi connectivity index (χ3n) is 2.62. The van der Waals surface area contributed by atoms with Crippen molar-refractivity contribution in [3.05, 3.63) is 36.2 Å². The minimum absolute atomic E-state index is 0.168. The van der Waals surface area contributed by atoms with Crippen LogP contribution >= 0.6 is 12.2 Å². The summed E-state index contributed by atoms with van der Waals surface area (Å²) in [5.41, 5.74) is 8.53. The zero-order valence-electron chi connectivity index (χ0n) is 10.9. The van der Waals surface area contributed by atoms with E-state index in [1.54, 1.807) is 12.3 Å². The summed E-state index contributed by atoms with van der Waals surface area (Å²) >= 11 is 4.79. The number of pyridine rings is 2. The van der Waals surface area contributed by atoms with Crippen LogP contribution in [0.3, 0.4) is 0 Å². The van der Waals surface area contributed by atoms with Gasteiger partial charge in [-0.05, 0) is 30.4 Å². The molecule has 102 valence electrons. The minimum atomic E-state index is 0.168. The molecule has 0 aliphatic heterocycles. The van der Waals surface area contributed by atoms with E-state index in [0.29, 0.717) is 11.3 Å². The molecule has 0 aliphatic rings. The molecular weight excluding hydrogens is 272 g/mol. The predicted octanol–water partition coefficient (Wildman–Crippen LogP) is 0.469. The van der Waals surface area contributed by atoms with E-state index in [0.717, 1.165) is 16.7 Å². The molecule has 0 fully saturated rings.